The molecule has 1 aromatic rings. The fourth-order valence-electron chi connectivity index (χ4n) is 2.52. The van der Waals surface area contributed by atoms with Crippen LogP contribution in [0.5, 0.6) is 0 Å². The summed E-state index contributed by atoms with van der Waals surface area (Å²) >= 11 is 0. The third kappa shape index (κ3) is 4.54. The van der Waals surface area contributed by atoms with Crippen molar-refractivity contribution < 1.29 is 19.1 Å². The smallest absolute Gasteiger partial charge is 0.330 e. The largest absolute Gasteiger partial charge is 0.459 e. The Morgan fingerprint density at radius 3 is 2.68 bits per heavy atom. The minimum Gasteiger partial charge on any atom is -0.459 e. The molecule has 0 aliphatic carbocycles. The summed E-state index contributed by atoms with van der Waals surface area (Å²) in [5, 5.41) is 0. The third-order valence-electron chi connectivity index (χ3n) is 3.91. The van der Waals surface area contributed by atoms with Crippen LogP contribution in [0.4, 0.5) is 0 Å². The van der Waals surface area contributed by atoms with Crippen molar-refractivity contribution in [2.75, 3.05) is 0 Å². The molecule has 0 saturated carbocycles. The van der Waals surface area contributed by atoms with E-state index in [0.29, 0.717) is 5.56 Å². The van der Waals surface area contributed by atoms with E-state index in [-0.39, 0.29) is 18.1 Å². The second-order valence-corrected chi connectivity index (χ2v) is 6.33. The molecule has 1 aromatic heterocycles. The first kappa shape index (κ1) is 18.9. The number of ketones is 1. The monoisotopic (exact) mass is 350 g/mol. The molecule has 0 spiro atoms. The number of hydrogen-bond acceptors (Lipinski definition) is 6. The summed E-state index contributed by atoms with van der Waals surface area (Å²) in [4.78, 5) is 48.8. The molecule has 1 saturated heterocycles. The SMILES string of the molecule is CC(=O)O[C@H]1C[C@H](n2cc(C)c(=O)[nH]c2=O)O[C@@H]1/C=C/C(=O)C(C)C. The summed E-state index contributed by atoms with van der Waals surface area (Å²) in [5.41, 5.74) is -0.707. The predicted molar refractivity (Wildman–Crippen MR) is 89.1 cm³/mol. The lowest BCUT2D eigenvalue weighted by molar-refractivity contribution is -0.147. The maximum Gasteiger partial charge on any atom is 0.330 e. The van der Waals surface area contributed by atoms with Crippen molar-refractivity contribution in [3.8, 4) is 0 Å². The zero-order valence-electron chi connectivity index (χ0n) is 14.6. The maximum absolute atomic E-state index is 12.0. The average Bonchev–Trinajstić information content (AvgIpc) is 2.90. The molecule has 1 fully saturated rings. The predicted octanol–water partition coefficient (Wildman–Crippen LogP) is 0.846. The molecule has 0 aromatic carbocycles. The summed E-state index contributed by atoms with van der Waals surface area (Å²) in [6.45, 7) is 6.41. The Labute approximate surface area is 144 Å². The molecule has 1 aliphatic heterocycles. The van der Waals surface area contributed by atoms with Gasteiger partial charge in [-0.25, -0.2) is 4.79 Å². The van der Waals surface area contributed by atoms with Crippen molar-refractivity contribution in [3.05, 3.63) is 44.8 Å². The Morgan fingerprint density at radius 1 is 1.40 bits per heavy atom. The lowest BCUT2D eigenvalue weighted by atomic mass is 10.1. The van der Waals surface area contributed by atoms with Crippen LogP contribution in [0.2, 0.25) is 0 Å². The maximum atomic E-state index is 12.0. The summed E-state index contributed by atoms with van der Waals surface area (Å²) in [5.74, 6) is -0.719. The molecular formula is C17H22N2O6. The van der Waals surface area contributed by atoms with Gasteiger partial charge in [0, 0.05) is 31.0 Å². The van der Waals surface area contributed by atoms with Gasteiger partial charge >= 0.3 is 11.7 Å². The number of H-pyrrole nitrogens is 1. The fourth-order valence-corrected chi connectivity index (χ4v) is 2.52. The zero-order valence-corrected chi connectivity index (χ0v) is 14.6. The van der Waals surface area contributed by atoms with Gasteiger partial charge in [0.2, 0.25) is 0 Å². The molecule has 2 rings (SSSR count). The summed E-state index contributed by atoms with van der Waals surface area (Å²) in [6, 6.07) is 0. The number of rotatable bonds is 5. The van der Waals surface area contributed by atoms with Crippen molar-refractivity contribution in [3.63, 3.8) is 0 Å². The van der Waals surface area contributed by atoms with Gasteiger partial charge in [0.25, 0.3) is 5.56 Å². The van der Waals surface area contributed by atoms with Gasteiger partial charge in [-0.1, -0.05) is 13.8 Å². The van der Waals surface area contributed by atoms with Gasteiger partial charge in [-0.05, 0) is 19.1 Å². The number of nitrogens with one attached hydrogen (secondary N) is 1. The van der Waals surface area contributed by atoms with E-state index in [4.69, 9.17) is 9.47 Å². The highest BCUT2D eigenvalue weighted by molar-refractivity contribution is 5.91. The van der Waals surface area contributed by atoms with Crippen LogP contribution in [0, 0.1) is 12.8 Å². The van der Waals surface area contributed by atoms with Crippen molar-refractivity contribution in [1.29, 1.82) is 0 Å². The van der Waals surface area contributed by atoms with Crippen LogP contribution < -0.4 is 11.2 Å². The number of aromatic amines is 1. The number of esters is 1. The van der Waals surface area contributed by atoms with E-state index in [9.17, 15) is 19.2 Å². The van der Waals surface area contributed by atoms with Crippen molar-refractivity contribution in [2.24, 2.45) is 5.92 Å². The van der Waals surface area contributed by atoms with Crippen molar-refractivity contribution in [1.82, 2.24) is 9.55 Å². The minimum atomic E-state index is -0.712. The quantitative estimate of drug-likeness (QED) is 0.623. The number of carbonyl (C=O) groups is 2. The molecule has 0 radical (unpaired) electrons. The molecular weight excluding hydrogens is 328 g/mol. The molecule has 1 aliphatic rings. The fraction of sp³-hybridized carbons (Fsp3) is 0.529. The van der Waals surface area contributed by atoms with Gasteiger partial charge in [-0.3, -0.25) is 23.9 Å². The van der Waals surface area contributed by atoms with Crippen molar-refractivity contribution in [2.45, 2.75) is 52.6 Å². The number of allylic oxidation sites excluding steroid dienone is 1. The van der Waals surface area contributed by atoms with Gasteiger partial charge < -0.3 is 9.47 Å². The molecule has 1 N–H and O–H groups in total. The number of aromatic nitrogens is 2. The summed E-state index contributed by atoms with van der Waals surface area (Å²) < 4.78 is 12.3. The number of nitrogens with zero attached hydrogens (tertiary/aromatic N) is 1. The van der Waals surface area contributed by atoms with Crippen LogP contribution >= 0.6 is 0 Å². The van der Waals surface area contributed by atoms with Crippen LogP contribution in [-0.4, -0.2) is 33.5 Å². The van der Waals surface area contributed by atoms with Crippen molar-refractivity contribution >= 4 is 11.8 Å². The summed E-state index contributed by atoms with van der Waals surface area (Å²) in [6.07, 6.45) is 2.58. The van der Waals surface area contributed by atoms with Crippen LogP contribution in [0.3, 0.4) is 0 Å². The molecule has 0 unspecified atom stereocenters. The minimum absolute atomic E-state index is 0.0781. The van der Waals surface area contributed by atoms with Gasteiger partial charge in [0.1, 0.15) is 18.4 Å². The topological polar surface area (TPSA) is 107 Å². The van der Waals surface area contributed by atoms with Crippen LogP contribution in [-0.2, 0) is 19.1 Å². The highest BCUT2D eigenvalue weighted by Crippen LogP contribution is 2.30. The first-order chi connectivity index (χ1) is 11.7. The molecule has 2 heterocycles. The molecule has 8 nitrogen and oxygen atoms in total. The molecule has 136 valence electrons. The Kier molecular flexibility index (Phi) is 5.73. The Bertz CT molecular complexity index is 804. The first-order valence-corrected chi connectivity index (χ1v) is 8.05. The average molecular weight is 350 g/mol. The lowest BCUT2D eigenvalue weighted by Crippen LogP contribution is -2.33. The molecule has 0 bridgehead atoms. The molecule has 8 heteroatoms. The first-order valence-electron chi connectivity index (χ1n) is 8.05. The second kappa shape index (κ2) is 7.60. The summed E-state index contributed by atoms with van der Waals surface area (Å²) in [7, 11) is 0. The van der Waals surface area contributed by atoms with E-state index in [1.165, 1.54) is 23.8 Å². The van der Waals surface area contributed by atoms with E-state index < -0.39 is 35.7 Å². The number of ether oxygens (including phenoxy) is 2. The van der Waals surface area contributed by atoms with Gasteiger partial charge in [-0.15, -0.1) is 0 Å². The highest BCUT2D eigenvalue weighted by Gasteiger charge is 2.37. The standard InChI is InChI=1S/C17H22N2O6/c1-9(2)12(21)5-6-13-14(24-11(4)20)7-15(25-13)19-8-10(3)16(22)18-17(19)23/h5-6,8-9,13-15H,7H2,1-4H3,(H,18,22,23)/b6-5+/t13-,14+,15-/m1/s1. The highest BCUT2D eigenvalue weighted by atomic mass is 16.6. The number of carbonyl (C=O) groups excluding carboxylic acids is 2. The molecule has 0 amide bonds. The molecule has 25 heavy (non-hydrogen) atoms. The van der Waals surface area contributed by atoms with Gasteiger partial charge in [-0.2, -0.15) is 0 Å². The van der Waals surface area contributed by atoms with Crippen LogP contribution in [0.1, 0.15) is 39.0 Å². The number of hydrogen-bond donors (Lipinski definition) is 1. The Balaban J connectivity index is 2.27. The molecule has 3 atom stereocenters. The second-order valence-electron chi connectivity index (χ2n) is 6.33. The van der Waals surface area contributed by atoms with E-state index in [2.05, 4.69) is 4.98 Å². The lowest BCUT2D eigenvalue weighted by Gasteiger charge is -2.15. The number of aryl methyl sites for hydroxylation is 1. The van der Waals surface area contributed by atoms with Gasteiger partial charge in [0.15, 0.2) is 5.78 Å². The van der Waals surface area contributed by atoms with E-state index in [0.717, 1.165) is 0 Å². The van der Waals surface area contributed by atoms with Crippen LogP contribution in [0.15, 0.2) is 27.9 Å². The van der Waals surface area contributed by atoms with E-state index in [1.54, 1.807) is 26.8 Å². The third-order valence-corrected chi connectivity index (χ3v) is 3.91. The Hall–Kier alpha value is -2.48. The van der Waals surface area contributed by atoms with E-state index in [1.807, 2.05) is 0 Å². The normalized spacial score (nSPS) is 23.3. The Morgan fingerprint density at radius 2 is 2.08 bits per heavy atom. The van der Waals surface area contributed by atoms with Crippen LogP contribution in [0.25, 0.3) is 0 Å². The van der Waals surface area contributed by atoms with Gasteiger partial charge in [0.05, 0.1) is 0 Å². The van der Waals surface area contributed by atoms with E-state index >= 15 is 0 Å². The zero-order chi connectivity index (χ0) is 18.7.